The smallest absolute Gasteiger partial charge is 0.471 e. The van der Waals surface area contributed by atoms with Crippen molar-refractivity contribution in [2.75, 3.05) is 0 Å². The molecule has 1 aromatic rings. The van der Waals surface area contributed by atoms with Crippen molar-refractivity contribution in [3.63, 3.8) is 0 Å². The number of alkyl halides is 3. The first-order valence-electron chi connectivity index (χ1n) is 5.37. The van der Waals surface area contributed by atoms with Gasteiger partial charge < -0.3 is 10.4 Å². The Kier molecular flexibility index (Phi) is 4.52. The lowest BCUT2D eigenvalue weighted by molar-refractivity contribution is -0.174. The number of amides is 1. The zero-order valence-electron chi connectivity index (χ0n) is 9.99. The Morgan fingerprint density at radius 1 is 1.32 bits per heavy atom. The number of halogens is 3. The van der Waals surface area contributed by atoms with Crippen LogP contribution in [0.3, 0.4) is 0 Å². The first-order chi connectivity index (χ1) is 8.71. The Labute approximate surface area is 107 Å². The van der Waals surface area contributed by atoms with Crippen LogP contribution >= 0.6 is 0 Å². The van der Waals surface area contributed by atoms with E-state index in [1.807, 2.05) is 0 Å². The molecule has 19 heavy (non-hydrogen) atoms. The number of aryl methyl sites for hydroxylation is 1. The lowest BCUT2D eigenvalue weighted by Gasteiger charge is -2.20. The third-order valence-corrected chi connectivity index (χ3v) is 2.51. The molecule has 0 fully saturated rings. The van der Waals surface area contributed by atoms with Gasteiger partial charge >= 0.3 is 18.1 Å². The highest BCUT2D eigenvalue weighted by Crippen LogP contribution is 2.23. The molecule has 0 spiro atoms. The molecule has 2 N–H and O–H groups in total. The second-order valence-corrected chi connectivity index (χ2v) is 3.98. The Balaban J connectivity index is 3.00. The standard InChI is InChI=1S/C12H12F3NO3/c1-7-4-2-3-5-8(7)9(6-10(17)18)16-11(19)12(13,14)15/h2-5,9H,6H2,1H3,(H,16,19)(H,17,18)/t9-/m0/s1. The third-order valence-electron chi connectivity index (χ3n) is 2.51. The summed E-state index contributed by atoms with van der Waals surface area (Å²) in [6, 6.07) is 5.13. The Hall–Kier alpha value is -2.05. The van der Waals surface area contributed by atoms with E-state index in [2.05, 4.69) is 0 Å². The van der Waals surface area contributed by atoms with Gasteiger partial charge in [-0.3, -0.25) is 9.59 Å². The zero-order chi connectivity index (χ0) is 14.6. The molecule has 4 nitrogen and oxygen atoms in total. The van der Waals surface area contributed by atoms with Crippen molar-refractivity contribution in [2.24, 2.45) is 0 Å². The van der Waals surface area contributed by atoms with Crippen LogP contribution in [0.2, 0.25) is 0 Å². The van der Waals surface area contributed by atoms with E-state index < -0.39 is 30.5 Å². The van der Waals surface area contributed by atoms with Gasteiger partial charge in [0.25, 0.3) is 0 Å². The van der Waals surface area contributed by atoms with Crippen molar-refractivity contribution in [1.29, 1.82) is 0 Å². The van der Waals surface area contributed by atoms with E-state index in [0.29, 0.717) is 11.1 Å². The molecule has 7 heteroatoms. The zero-order valence-corrected chi connectivity index (χ0v) is 9.99. The van der Waals surface area contributed by atoms with Crippen molar-refractivity contribution in [3.05, 3.63) is 35.4 Å². The maximum Gasteiger partial charge on any atom is 0.471 e. The second-order valence-electron chi connectivity index (χ2n) is 3.98. The van der Waals surface area contributed by atoms with Crippen molar-refractivity contribution >= 4 is 11.9 Å². The van der Waals surface area contributed by atoms with E-state index in [0.717, 1.165) is 0 Å². The summed E-state index contributed by atoms with van der Waals surface area (Å²) in [5.74, 6) is -3.45. The highest BCUT2D eigenvalue weighted by atomic mass is 19.4. The predicted octanol–water partition coefficient (Wildman–Crippen LogP) is 2.19. The molecule has 0 unspecified atom stereocenters. The van der Waals surface area contributed by atoms with Crippen LogP contribution in [0.15, 0.2) is 24.3 Å². The van der Waals surface area contributed by atoms with Crippen LogP contribution in [-0.4, -0.2) is 23.2 Å². The largest absolute Gasteiger partial charge is 0.481 e. The number of nitrogens with one attached hydrogen (secondary N) is 1. The molecule has 1 rings (SSSR count). The highest BCUT2D eigenvalue weighted by Gasteiger charge is 2.40. The summed E-state index contributed by atoms with van der Waals surface area (Å²) in [5, 5.41) is 10.4. The Bertz CT molecular complexity index is 485. The lowest BCUT2D eigenvalue weighted by atomic mass is 9.99. The van der Waals surface area contributed by atoms with E-state index >= 15 is 0 Å². The lowest BCUT2D eigenvalue weighted by Crippen LogP contribution is -2.40. The molecule has 0 aromatic heterocycles. The van der Waals surface area contributed by atoms with Crippen molar-refractivity contribution in [1.82, 2.24) is 5.32 Å². The molecular weight excluding hydrogens is 263 g/mol. The van der Waals surface area contributed by atoms with Crippen LogP contribution in [0.25, 0.3) is 0 Å². The van der Waals surface area contributed by atoms with E-state index in [4.69, 9.17) is 5.11 Å². The fraction of sp³-hybridized carbons (Fsp3) is 0.333. The van der Waals surface area contributed by atoms with E-state index in [-0.39, 0.29) is 0 Å². The minimum Gasteiger partial charge on any atom is -0.481 e. The van der Waals surface area contributed by atoms with Gasteiger partial charge in [-0.25, -0.2) is 0 Å². The summed E-state index contributed by atoms with van der Waals surface area (Å²) in [7, 11) is 0. The number of carboxylic acid groups (broad SMARTS) is 1. The maximum absolute atomic E-state index is 12.2. The summed E-state index contributed by atoms with van der Waals surface area (Å²) in [5.41, 5.74) is 0.957. The van der Waals surface area contributed by atoms with Crippen LogP contribution < -0.4 is 5.32 Å². The van der Waals surface area contributed by atoms with Crippen LogP contribution in [0.1, 0.15) is 23.6 Å². The number of benzene rings is 1. The minimum atomic E-state index is -5.04. The van der Waals surface area contributed by atoms with Gasteiger partial charge in [-0.05, 0) is 18.1 Å². The first kappa shape index (κ1) is 15.0. The molecule has 0 aliphatic carbocycles. The molecular formula is C12H12F3NO3. The van der Waals surface area contributed by atoms with Crippen LogP contribution in [0.5, 0.6) is 0 Å². The van der Waals surface area contributed by atoms with Crippen LogP contribution in [-0.2, 0) is 9.59 Å². The molecule has 0 aliphatic rings. The highest BCUT2D eigenvalue weighted by molar-refractivity contribution is 5.82. The van der Waals surface area contributed by atoms with E-state index in [1.165, 1.54) is 6.07 Å². The fourth-order valence-electron chi connectivity index (χ4n) is 1.63. The number of hydrogen-bond acceptors (Lipinski definition) is 2. The van der Waals surface area contributed by atoms with Crippen molar-refractivity contribution in [2.45, 2.75) is 25.6 Å². The fourth-order valence-corrected chi connectivity index (χ4v) is 1.63. The molecule has 1 aromatic carbocycles. The van der Waals surface area contributed by atoms with Crippen LogP contribution in [0, 0.1) is 6.92 Å². The summed E-state index contributed by atoms with van der Waals surface area (Å²) in [6.45, 7) is 1.63. The molecule has 0 saturated carbocycles. The molecule has 1 amide bonds. The summed E-state index contributed by atoms with van der Waals surface area (Å²) in [4.78, 5) is 21.6. The third kappa shape index (κ3) is 4.27. The van der Waals surface area contributed by atoms with E-state index in [1.54, 1.807) is 30.4 Å². The second kappa shape index (κ2) is 5.73. The number of rotatable bonds is 4. The average Bonchev–Trinajstić information content (AvgIpc) is 2.26. The van der Waals surface area contributed by atoms with Gasteiger partial charge in [0.1, 0.15) is 0 Å². The SMILES string of the molecule is Cc1ccccc1[C@H](CC(=O)O)NC(=O)C(F)(F)F. The van der Waals surface area contributed by atoms with Crippen LogP contribution in [0.4, 0.5) is 13.2 Å². The van der Waals surface area contributed by atoms with Crippen molar-refractivity contribution < 1.29 is 27.9 Å². The molecule has 104 valence electrons. The molecule has 0 bridgehead atoms. The predicted molar refractivity (Wildman–Crippen MR) is 60.4 cm³/mol. The monoisotopic (exact) mass is 275 g/mol. The summed E-state index contributed by atoms with van der Waals surface area (Å²) in [6.07, 6.45) is -5.66. The van der Waals surface area contributed by atoms with E-state index in [9.17, 15) is 22.8 Å². The number of carbonyl (C=O) groups excluding carboxylic acids is 1. The molecule has 0 radical (unpaired) electrons. The number of aliphatic carboxylic acids is 1. The molecule has 0 heterocycles. The van der Waals surface area contributed by atoms with Gasteiger partial charge in [0.15, 0.2) is 0 Å². The van der Waals surface area contributed by atoms with Gasteiger partial charge in [0.05, 0.1) is 12.5 Å². The number of carboxylic acids is 1. The van der Waals surface area contributed by atoms with Gasteiger partial charge in [-0.15, -0.1) is 0 Å². The minimum absolute atomic E-state index is 0.350. The van der Waals surface area contributed by atoms with Gasteiger partial charge in [0.2, 0.25) is 0 Å². The van der Waals surface area contributed by atoms with Gasteiger partial charge in [-0.2, -0.15) is 13.2 Å². The maximum atomic E-state index is 12.2. The molecule has 0 aliphatic heterocycles. The average molecular weight is 275 g/mol. The summed E-state index contributed by atoms with van der Waals surface area (Å²) >= 11 is 0. The summed E-state index contributed by atoms with van der Waals surface area (Å²) < 4.78 is 36.6. The van der Waals surface area contributed by atoms with Gasteiger partial charge in [-0.1, -0.05) is 24.3 Å². The topological polar surface area (TPSA) is 66.4 Å². The van der Waals surface area contributed by atoms with Crippen molar-refractivity contribution in [3.8, 4) is 0 Å². The van der Waals surface area contributed by atoms with Gasteiger partial charge in [0, 0.05) is 0 Å². The molecule has 0 saturated heterocycles. The normalized spacial score (nSPS) is 12.8. The Morgan fingerprint density at radius 2 is 1.89 bits per heavy atom. The quantitative estimate of drug-likeness (QED) is 0.885. The Morgan fingerprint density at radius 3 is 2.37 bits per heavy atom. The number of hydrogen-bond donors (Lipinski definition) is 2. The number of carbonyl (C=O) groups is 2. The first-order valence-corrected chi connectivity index (χ1v) is 5.37. The molecule has 1 atom stereocenters.